The van der Waals surface area contributed by atoms with E-state index in [1.165, 1.54) is 18.1 Å². The van der Waals surface area contributed by atoms with Crippen LogP contribution in [0.2, 0.25) is 0 Å². The van der Waals surface area contributed by atoms with Crippen LogP contribution in [0.25, 0.3) is 6.08 Å². The number of ether oxygens (including phenoxy) is 1. The van der Waals surface area contributed by atoms with Crippen LogP contribution >= 0.6 is 11.8 Å². The van der Waals surface area contributed by atoms with Gasteiger partial charge in [-0.3, -0.25) is 9.59 Å². The maximum absolute atomic E-state index is 12.6. The molecule has 0 spiro atoms. The summed E-state index contributed by atoms with van der Waals surface area (Å²) < 4.78 is 5.05. The summed E-state index contributed by atoms with van der Waals surface area (Å²) in [4.78, 5) is 26.3. The highest BCUT2D eigenvalue weighted by Gasteiger charge is 2.36. The Morgan fingerprint density at radius 3 is 2.67 bits per heavy atom. The summed E-state index contributed by atoms with van der Waals surface area (Å²) in [7, 11) is 1.45. The standard InChI is InChI=1S/C18H15NO4S/c1-11-4-3-5-13(8-11)19-17(21)16(24-18(19)22)10-12-6-7-14(20)15(9-12)23-2/h3-10,20H,1-2H3/b16-10-. The molecule has 0 aromatic heterocycles. The van der Waals surface area contributed by atoms with Crippen LogP contribution in [0.1, 0.15) is 11.1 Å². The molecule has 1 N–H and O–H groups in total. The van der Waals surface area contributed by atoms with Gasteiger partial charge < -0.3 is 9.84 Å². The normalized spacial score (nSPS) is 16.1. The minimum atomic E-state index is -0.359. The number of carbonyl (C=O) groups excluding carboxylic acids is 2. The Balaban J connectivity index is 1.94. The van der Waals surface area contributed by atoms with Crippen LogP contribution in [-0.4, -0.2) is 23.4 Å². The van der Waals surface area contributed by atoms with E-state index in [1.807, 2.05) is 19.1 Å². The van der Waals surface area contributed by atoms with Crippen LogP contribution in [0.15, 0.2) is 47.4 Å². The second-order valence-electron chi connectivity index (χ2n) is 5.29. The molecule has 122 valence electrons. The molecule has 1 saturated heterocycles. The SMILES string of the molecule is COc1cc(/C=C2\SC(=O)N(c3cccc(C)c3)C2=O)ccc1O. The van der Waals surface area contributed by atoms with Crippen molar-refractivity contribution in [3.8, 4) is 11.5 Å². The van der Waals surface area contributed by atoms with E-state index in [-0.39, 0.29) is 16.9 Å². The highest BCUT2D eigenvalue weighted by Crippen LogP contribution is 2.36. The Bertz CT molecular complexity index is 860. The average Bonchev–Trinajstić information content (AvgIpc) is 2.83. The summed E-state index contributed by atoms with van der Waals surface area (Å²) in [5.74, 6) is -0.0354. The molecule has 1 aliphatic rings. The Morgan fingerprint density at radius 1 is 1.17 bits per heavy atom. The van der Waals surface area contributed by atoms with Gasteiger partial charge in [0, 0.05) is 0 Å². The molecule has 0 bridgehead atoms. The number of imide groups is 1. The quantitative estimate of drug-likeness (QED) is 0.856. The lowest BCUT2D eigenvalue weighted by Gasteiger charge is -2.12. The number of hydrogen-bond acceptors (Lipinski definition) is 5. The van der Waals surface area contributed by atoms with Crippen molar-refractivity contribution in [3.63, 3.8) is 0 Å². The molecule has 24 heavy (non-hydrogen) atoms. The fourth-order valence-electron chi connectivity index (χ4n) is 2.39. The smallest absolute Gasteiger partial charge is 0.298 e. The van der Waals surface area contributed by atoms with E-state index < -0.39 is 0 Å². The Hall–Kier alpha value is -2.73. The van der Waals surface area contributed by atoms with Gasteiger partial charge in [-0.1, -0.05) is 18.2 Å². The van der Waals surface area contributed by atoms with Crippen LogP contribution in [0.3, 0.4) is 0 Å². The summed E-state index contributed by atoms with van der Waals surface area (Å²) >= 11 is 0.890. The first-order valence-corrected chi connectivity index (χ1v) is 8.03. The molecular weight excluding hydrogens is 326 g/mol. The maximum Gasteiger partial charge on any atom is 0.298 e. The van der Waals surface area contributed by atoms with Gasteiger partial charge in [0.05, 0.1) is 17.7 Å². The third kappa shape index (κ3) is 3.00. The highest BCUT2D eigenvalue weighted by molar-refractivity contribution is 8.19. The summed E-state index contributed by atoms with van der Waals surface area (Å²) in [6.45, 7) is 1.90. The Morgan fingerprint density at radius 2 is 1.96 bits per heavy atom. The lowest BCUT2D eigenvalue weighted by atomic mass is 10.1. The molecule has 3 rings (SSSR count). The number of carbonyl (C=O) groups is 2. The number of anilines is 1. The zero-order chi connectivity index (χ0) is 17.3. The number of aromatic hydroxyl groups is 1. The molecule has 2 aromatic carbocycles. The van der Waals surface area contributed by atoms with Gasteiger partial charge in [-0.2, -0.15) is 0 Å². The van der Waals surface area contributed by atoms with Crippen molar-refractivity contribution in [2.75, 3.05) is 12.0 Å². The third-order valence-electron chi connectivity index (χ3n) is 3.56. The monoisotopic (exact) mass is 341 g/mol. The summed E-state index contributed by atoms with van der Waals surface area (Å²) in [5, 5.41) is 9.30. The van der Waals surface area contributed by atoms with E-state index in [9.17, 15) is 14.7 Å². The van der Waals surface area contributed by atoms with Crippen LogP contribution < -0.4 is 9.64 Å². The van der Waals surface area contributed by atoms with Crippen molar-refractivity contribution in [1.82, 2.24) is 0 Å². The van der Waals surface area contributed by atoms with Gasteiger partial charge in [0.1, 0.15) is 0 Å². The summed E-state index contributed by atoms with van der Waals surface area (Å²) in [6.07, 6.45) is 1.61. The van der Waals surface area contributed by atoms with Crippen LogP contribution in [0.5, 0.6) is 11.5 Å². The van der Waals surface area contributed by atoms with Gasteiger partial charge in [-0.25, -0.2) is 4.90 Å². The number of phenols is 1. The molecule has 0 unspecified atom stereocenters. The van der Waals surface area contributed by atoms with Gasteiger partial charge in [0.15, 0.2) is 11.5 Å². The largest absolute Gasteiger partial charge is 0.504 e. The van der Waals surface area contributed by atoms with Gasteiger partial charge in [0.2, 0.25) is 0 Å². The van der Waals surface area contributed by atoms with Crippen LogP contribution in [0, 0.1) is 6.92 Å². The van der Waals surface area contributed by atoms with Gasteiger partial charge in [-0.15, -0.1) is 0 Å². The molecule has 5 nitrogen and oxygen atoms in total. The number of rotatable bonds is 3. The minimum absolute atomic E-state index is 0.0162. The Kier molecular flexibility index (Phi) is 4.31. The van der Waals surface area contributed by atoms with Crippen molar-refractivity contribution in [1.29, 1.82) is 0 Å². The number of thioether (sulfide) groups is 1. The topological polar surface area (TPSA) is 66.8 Å². The summed E-state index contributed by atoms with van der Waals surface area (Å²) in [6, 6.07) is 12.0. The van der Waals surface area contributed by atoms with E-state index >= 15 is 0 Å². The number of phenolic OH excluding ortho intramolecular Hbond substituents is 1. The van der Waals surface area contributed by atoms with E-state index in [1.54, 1.807) is 30.3 Å². The van der Waals surface area contributed by atoms with E-state index in [4.69, 9.17) is 4.74 Å². The predicted molar refractivity (Wildman–Crippen MR) is 94.3 cm³/mol. The molecule has 1 fully saturated rings. The lowest BCUT2D eigenvalue weighted by Crippen LogP contribution is -2.27. The number of aryl methyl sites for hydroxylation is 1. The molecule has 2 aromatic rings. The fraction of sp³-hybridized carbons (Fsp3) is 0.111. The average molecular weight is 341 g/mol. The molecule has 1 heterocycles. The molecule has 0 radical (unpaired) electrons. The second kappa shape index (κ2) is 6.41. The molecule has 6 heteroatoms. The lowest BCUT2D eigenvalue weighted by molar-refractivity contribution is -0.113. The first-order chi connectivity index (χ1) is 11.5. The highest BCUT2D eigenvalue weighted by atomic mass is 32.2. The maximum atomic E-state index is 12.6. The molecule has 0 saturated carbocycles. The van der Waals surface area contributed by atoms with Crippen LogP contribution in [0.4, 0.5) is 10.5 Å². The molecular formula is C18H15NO4S. The fourth-order valence-corrected chi connectivity index (χ4v) is 3.23. The number of amides is 2. The number of nitrogens with zero attached hydrogens (tertiary/aromatic N) is 1. The first kappa shape index (κ1) is 16.1. The third-order valence-corrected chi connectivity index (χ3v) is 4.42. The zero-order valence-electron chi connectivity index (χ0n) is 13.1. The first-order valence-electron chi connectivity index (χ1n) is 7.21. The van der Waals surface area contributed by atoms with Crippen molar-refractivity contribution in [3.05, 3.63) is 58.5 Å². The van der Waals surface area contributed by atoms with E-state index in [2.05, 4.69) is 0 Å². The summed E-state index contributed by atoms with van der Waals surface area (Å²) in [5.41, 5.74) is 2.20. The van der Waals surface area contributed by atoms with E-state index in [0.29, 0.717) is 21.9 Å². The van der Waals surface area contributed by atoms with Crippen molar-refractivity contribution < 1.29 is 19.4 Å². The van der Waals surface area contributed by atoms with Crippen molar-refractivity contribution in [2.24, 2.45) is 0 Å². The predicted octanol–water partition coefficient (Wildman–Crippen LogP) is 3.95. The van der Waals surface area contributed by atoms with Crippen molar-refractivity contribution in [2.45, 2.75) is 6.92 Å². The van der Waals surface area contributed by atoms with Crippen LogP contribution in [-0.2, 0) is 4.79 Å². The molecule has 1 aliphatic heterocycles. The number of hydrogen-bond donors (Lipinski definition) is 1. The van der Waals surface area contributed by atoms with E-state index in [0.717, 1.165) is 17.3 Å². The second-order valence-corrected chi connectivity index (χ2v) is 6.28. The number of methoxy groups -OCH3 is 1. The van der Waals surface area contributed by atoms with Gasteiger partial charge in [-0.05, 0) is 60.2 Å². The molecule has 2 amide bonds. The van der Waals surface area contributed by atoms with Gasteiger partial charge >= 0.3 is 0 Å². The van der Waals surface area contributed by atoms with Crippen molar-refractivity contribution >= 4 is 34.7 Å². The van der Waals surface area contributed by atoms with Gasteiger partial charge in [0.25, 0.3) is 11.1 Å². The number of benzene rings is 2. The zero-order valence-corrected chi connectivity index (χ0v) is 14.0. The Labute approximate surface area is 143 Å². The minimum Gasteiger partial charge on any atom is -0.504 e. The molecule has 0 atom stereocenters. The molecule has 0 aliphatic carbocycles.